The molecule has 1 aromatic rings. The number of rotatable bonds is 5. The molecule has 0 aromatic carbocycles. The largest absolute Gasteiger partial charge is 0.481 e. The smallest absolute Gasteiger partial charge is 0.306 e. The van der Waals surface area contributed by atoms with Gasteiger partial charge in [-0.05, 0) is 25.3 Å². The van der Waals surface area contributed by atoms with Gasteiger partial charge in [-0.2, -0.15) is 5.10 Å². The third kappa shape index (κ3) is 4.54. The van der Waals surface area contributed by atoms with Crippen LogP contribution in [-0.2, 0) is 20.9 Å². The first-order valence-electron chi connectivity index (χ1n) is 7.60. The number of amides is 2. The molecule has 0 bridgehead atoms. The van der Waals surface area contributed by atoms with Crippen molar-refractivity contribution in [2.75, 3.05) is 26.7 Å². The van der Waals surface area contributed by atoms with Crippen LogP contribution >= 0.6 is 0 Å². The molecule has 1 aliphatic rings. The van der Waals surface area contributed by atoms with Crippen molar-refractivity contribution in [1.82, 2.24) is 19.6 Å². The Morgan fingerprint density at radius 2 is 2.00 bits per heavy atom. The van der Waals surface area contributed by atoms with Gasteiger partial charge < -0.3 is 14.9 Å². The van der Waals surface area contributed by atoms with Gasteiger partial charge >= 0.3 is 5.97 Å². The number of carbonyl (C=O) groups excluding carboxylic acids is 2. The number of aromatic nitrogens is 2. The van der Waals surface area contributed by atoms with Gasteiger partial charge in [0, 0.05) is 26.3 Å². The number of likely N-dealkylation sites (tertiary alicyclic amines) is 1. The van der Waals surface area contributed by atoms with Crippen LogP contribution < -0.4 is 0 Å². The van der Waals surface area contributed by atoms with Gasteiger partial charge in [-0.25, -0.2) is 0 Å². The molecule has 2 rings (SSSR count). The topological polar surface area (TPSA) is 95.7 Å². The van der Waals surface area contributed by atoms with E-state index < -0.39 is 5.97 Å². The van der Waals surface area contributed by atoms with E-state index in [1.165, 1.54) is 9.58 Å². The summed E-state index contributed by atoms with van der Waals surface area (Å²) < 4.78 is 1.54. The molecule has 0 spiro atoms. The fraction of sp³-hybridized carbons (Fsp3) is 0.600. The van der Waals surface area contributed by atoms with Crippen LogP contribution in [0.3, 0.4) is 0 Å². The summed E-state index contributed by atoms with van der Waals surface area (Å²) in [5.74, 6) is -1.52. The molecule has 1 N–H and O–H groups in total. The van der Waals surface area contributed by atoms with Gasteiger partial charge in [-0.1, -0.05) is 0 Å². The van der Waals surface area contributed by atoms with E-state index in [-0.39, 0.29) is 30.8 Å². The zero-order valence-electron chi connectivity index (χ0n) is 13.4. The summed E-state index contributed by atoms with van der Waals surface area (Å²) in [6.45, 7) is 2.84. The quantitative estimate of drug-likeness (QED) is 0.821. The minimum atomic E-state index is -0.807. The van der Waals surface area contributed by atoms with E-state index in [1.807, 2.05) is 6.92 Å². The number of carbonyl (C=O) groups is 3. The van der Waals surface area contributed by atoms with Crippen molar-refractivity contribution in [2.45, 2.75) is 26.3 Å². The predicted octanol–water partition coefficient (Wildman–Crippen LogP) is -0.0269. The molecular weight excluding hydrogens is 300 g/mol. The zero-order valence-corrected chi connectivity index (χ0v) is 13.4. The second kappa shape index (κ2) is 7.26. The van der Waals surface area contributed by atoms with Crippen molar-refractivity contribution in [2.24, 2.45) is 5.92 Å². The van der Waals surface area contributed by atoms with Crippen molar-refractivity contribution in [1.29, 1.82) is 0 Å². The molecule has 8 heteroatoms. The SMILES string of the molecule is Cc1cnn(CC(=O)N(C)CC(=O)N2CCC(C(=O)O)CC2)c1. The Labute approximate surface area is 134 Å². The summed E-state index contributed by atoms with van der Waals surface area (Å²) in [5.41, 5.74) is 0.970. The Balaban J connectivity index is 1.80. The summed E-state index contributed by atoms with van der Waals surface area (Å²) in [6, 6.07) is 0. The van der Waals surface area contributed by atoms with Crippen LogP contribution in [0.1, 0.15) is 18.4 Å². The van der Waals surface area contributed by atoms with Crippen molar-refractivity contribution >= 4 is 17.8 Å². The Morgan fingerprint density at radius 3 is 2.52 bits per heavy atom. The summed E-state index contributed by atoms with van der Waals surface area (Å²) in [4.78, 5) is 38.2. The number of hydrogen-bond donors (Lipinski definition) is 1. The van der Waals surface area contributed by atoms with E-state index in [0.717, 1.165) is 5.56 Å². The molecule has 0 aliphatic carbocycles. The van der Waals surface area contributed by atoms with Crippen LogP contribution in [0.5, 0.6) is 0 Å². The van der Waals surface area contributed by atoms with E-state index >= 15 is 0 Å². The molecule has 0 radical (unpaired) electrons. The second-order valence-electron chi connectivity index (χ2n) is 5.96. The number of carboxylic acids is 1. The lowest BCUT2D eigenvalue weighted by atomic mass is 9.97. The van der Waals surface area contributed by atoms with Crippen LogP contribution in [0.15, 0.2) is 12.4 Å². The van der Waals surface area contributed by atoms with Crippen LogP contribution in [-0.4, -0.2) is 69.2 Å². The molecule has 0 atom stereocenters. The molecule has 8 nitrogen and oxygen atoms in total. The second-order valence-corrected chi connectivity index (χ2v) is 5.96. The van der Waals surface area contributed by atoms with Crippen molar-refractivity contribution in [3.8, 4) is 0 Å². The number of piperidine rings is 1. The first kappa shape index (κ1) is 17.0. The monoisotopic (exact) mass is 322 g/mol. The number of carboxylic acid groups (broad SMARTS) is 1. The minimum absolute atomic E-state index is 0.00315. The minimum Gasteiger partial charge on any atom is -0.481 e. The van der Waals surface area contributed by atoms with E-state index in [0.29, 0.717) is 25.9 Å². The first-order chi connectivity index (χ1) is 10.9. The van der Waals surface area contributed by atoms with Crippen molar-refractivity contribution < 1.29 is 19.5 Å². The van der Waals surface area contributed by atoms with Crippen LogP contribution in [0.4, 0.5) is 0 Å². The van der Waals surface area contributed by atoms with Crippen LogP contribution in [0, 0.1) is 12.8 Å². The number of likely N-dealkylation sites (N-methyl/N-ethyl adjacent to an activating group) is 1. The highest BCUT2D eigenvalue weighted by molar-refractivity contribution is 5.84. The van der Waals surface area contributed by atoms with Gasteiger partial charge in [0.15, 0.2) is 0 Å². The third-order valence-electron chi connectivity index (χ3n) is 4.05. The van der Waals surface area contributed by atoms with Crippen LogP contribution in [0.25, 0.3) is 0 Å². The fourth-order valence-corrected chi connectivity index (χ4v) is 2.58. The molecule has 1 fully saturated rings. The standard InChI is InChI=1S/C15H22N4O4/c1-11-7-16-19(8-11)10-13(20)17(2)9-14(21)18-5-3-12(4-6-18)15(22)23/h7-8,12H,3-6,9-10H2,1-2H3,(H,22,23). The molecule has 1 saturated heterocycles. The number of hydrogen-bond acceptors (Lipinski definition) is 4. The molecule has 1 aromatic heterocycles. The Kier molecular flexibility index (Phi) is 5.36. The third-order valence-corrected chi connectivity index (χ3v) is 4.05. The van der Waals surface area contributed by atoms with Gasteiger partial charge in [-0.15, -0.1) is 0 Å². The highest BCUT2D eigenvalue weighted by Gasteiger charge is 2.27. The molecule has 0 saturated carbocycles. The lowest BCUT2D eigenvalue weighted by Gasteiger charge is -2.31. The summed E-state index contributed by atoms with van der Waals surface area (Å²) in [6.07, 6.45) is 4.37. The van der Waals surface area contributed by atoms with Gasteiger partial charge in [0.2, 0.25) is 11.8 Å². The average Bonchev–Trinajstić information content (AvgIpc) is 2.92. The normalized spacial score (nSPS) is 15.5. The first-order valence-corrected chi connectivity index (χ1v) is 7.60. The maximum absolute atomic E-state index is 12.2. The van der Waals surface area contributed by atoms with E-state index in [2.05, 4.69) is 5.10 Å². The summed E-state index contributed by atoms with van der Waals surface area (Å²) in [5, 5.41) is 13.0. The number of nitrogens with zero attached hydrogens (tertiary/aromatic N) is 4. The van der Waals surface area contributed by atoms with Gasteiger partial charge in [0.05, 0.1) is 18.7 Å². The van der Waals surface area contributed by atoms with Crippen LogP contribution in [0.2, 0.25) is 0 Å². The lowest BCUT2D eigenvalue weighted by Crippen LogP contribution is -2.46. The Hall–Kier alpha value is -2.38. The molecule has 0 unspecified atom stereocenters. The summed E-state index contributed by atoms with van der Waals surface area (Å²) >= 11 is 0. The lowest BCUT2D eigenvalue weighted by molar-refractivity contribution is -0.146. The number of aryl methyl sites for hydroxylation is 1. The maximum atomic E-state index is 12.2. The highest BCUT2D eigenvalue weighted by Crippen LogP contribution is 2.17. The Morgan fingerprint density at radius 1 is 1.35 bits per heavy atom. The molecular formula is C15H22N4O4. The molecule has 23 heavy (non-hydrogen) atoms. The molecule has 2 amide bonds. The van der Waals surface area contributed by atoms with E-state index in [9.17, 15) is 14.4 Å². The number of aliphatic carboxylic acids is 1. The average molecular weight is 322 g/mol. The highest BCUT2D eigenvalue weighted by atomic mass is 16.4. The Bertz CT molecular complexity index is 590. The van der Waals surface area contributed by atoms with Crippen molar-refractivity contribution in [3.63, 3.8) is 0 Å². The van der Waals surface area contributed by atoms with E-state index in [4.69, 9.17) is 5.11 Å². The molecule has 126 valence electrons. The summed E-state index contributed by atoms with van der Waals surface area (Å²) in [7, 11) is 1.58. The van der Waals surface area contributed by atoms with Gasteiger partial charge in [0.25, 0.3) is 0 Å². The van der Waals surface area contributed by atoms with Gasteiger partial charge in [-0.3, -0.25) is 19.1 Å². The van der Waals surface area contributed by atoms with E-state index in [1.54, 1.807) is 24.3 Å². The molecule has 2 heterocycles. The maximum Gasteiger partial charge on any atom is 0.306 e. The van der Waals surface area contributed by atoms with Gasteiger partial charge in [0.1, 0.15) is 6.54 Å². The fourth-order valence-electron chi connectivity index (χ4n) is 2.58. The molecule has 1 aliphatic heterocycles. The predicted molar refractivity (Wildman–Crippen MR) is 81.5 cm³/mol. The van der Waals surface area contributed by atoms with Crippen molar-refractivity contribution in [3.05, 3.63) is 18.0 Å². The zero-order chi connectivity index (χ0) is 17.0.